The Kier molecular flexibility index (Phi) is 7.46. The van der Waals surface area contributed by atoms with Crippen molar-refractivity contribution in [2.45, 2.75) is 71.3 Å². The maximum absolute atomic E-state index is 13.8. The van der Waals surface area contributed by atoms with Gasteiger partial charge in [0.05, 0.1) is 17.4 Å². The van der Waals surface area contributed by atoms with Gasteiger partial charge < -0.3 is 15.3 Å². The average Bonchev–Trinajstić information content (AvgIpc) is 3.26. The number of halogens is 3. The van der Waals surface area contributed by atoms with Gasteiger partial charge in [0.25, 0.3) is 0 Å². The molecular formula is C28H33F3N2O3. The molecule has 0 aromatic heterocycles. The number of carbonyl (C=O) groups excluding carboxylic acids is 1. The van der Waals surface area contributed by atoms with Crippen molar-refractivity contribution in [3.8, 4) is 0 Å². The molecule has 2 N–H and O–H groups in total. The van der Waals surface area contributed by atoms with Crippen LogP contribution in [0.3, 0.4) is 0 Å². The molecule has 1 aliphatic heterocycles. The van der Waals surface area contributed by atoms with Crippen LogP contribution >= 0.6 is 0 Å². The number of aliphatic carboxylic acids is 1. The van der Waals surface area contributed by atoms with Gasteiger partial charge in [0.2, 0.25) is 5.91 Å². The van der Waals surface area contributed by atoms with E-state index in [4.69, 9.17) is 5.11 Å². The van der Waals surface area contributed by atoms with Crippen LogP contribution in [0.25, 0.3) is 0 Å². The highest BCUT2D eigenvalue weighted by molar-refractivity contribution is 5.84. The fourth-order valence-electron chi connectivity index (χ4n) is 5.72. The van der Waals surface area contributed by atoms with E-state index >= 15 is 0 Å². The second-order valence-electron chi connectivity index (χ2n) is 10.5. The Labute approximate surface area is 209 Å². The van der Waals surface area contributed by atoms with Gasteiger partial charge in [-0.25, -0.2) is 0 Å². The van der Waals surface area contributed by atoms with Crippen molar-refractivity contribution in [1.29, 1.82) is 0 Å². The van der Waals surface area contributed by atoms with E-state index in [2.05, 4.69) is 19.2 Å². The summed E-state index contributed by atoms with van der Waals surface area (Å²) in [5.41, 5.74) is 1.97. The summed E-state index contributed by atoms with van der Waals surface area (Å²) in [6.07, 6.45) is -1.64. The number of nitrogens with zero attached hydrogens (tertiary/aromatic N) is 1. The van der Waals surface area contributed by atoms with Crippen LogP contribution in [0.2, 0.25) is 0 Å². The lowest BCUT2D eigenvalue weighted by Crippen LogP contribution is -2.48. The average molecular weight is 503 g/mol. The highest BCUT2D eigenvalue weighted by Gasteiger charge is 2.49. The first-order valence-electron chi connectivity index (χ1n) is 12.5. The van der Waals surface area contributed by atoms with Gasteiger partial charge in [0.15, 0.2) is 0 Å². The summed E-state index contributed by atoms with van der Waals surface area (Å²) in [6, 6.07) is 11.5. The molecule has 0 saturated heterocycles. The Morgan fingerprint density at radius 1 is 1.14 bits per heavy atom. The van der Waals surface area contributed by atoms with Crippen LogP contribution in [0, 0.1) is 11.3 Å². The third kappa shape index (κ3) is 5.59. The summed E-state index contributed by atoms with van der Waals surface area (Å²) in [7, 11) is 0. The van der Waals surface area contributed by atoms with Crippen molar-refractivity contribution >= 4 is 11.9 Å². The molecule has 4 rings (SSSR count). The molecule has 36 heavy (non-hydrogen) atoms. The normalized spacial score (nSPS) is 22.1. The van der Waals surface area contributed by atoms with E-state index in [0.717, 1.165) is 35.6 Å². The van der Waals surface area contributed by atoms with Gasteiger partial charge in [0.1, 0.15) is 0 Å². The SMILES string of the molecule is CC(C)[C@]1(C(=O)N2CCc3ccc(C(F)(F)F)cc3C2)CC[C@@H](NCc2cccc(CC(=O)O)c2)C1. The lowest BCUT2D eigenvalue weighted by atomic mass is 9.74. The van der Waals surface area contributed by atoms with Gasteiger partial charge in [-0.3, -0.25) is 9.59 Å². The molecule has 8 heteroatoms. The number of alkyl halides is 3. The maximum Gasteiger partial charge on any atom is 0.416 e. The number of nitrogens with one attached hydrogen (secondary N) is 1. The molecule has 0 unspecified atom stereocenters. The van der Waals surface area contributed by atoms with Crippen molar-refractivity contribution in [3.05, 3.63) is 70.3 Å². The minimum Gasteiger partial charge on any atom is -0.481 e. The molecule has 1 heterocycles. The molecule has 5 nitrogen and oxygen atoms in total. The Balaban J connectivity index is 1.43. The zero-order chi connectivity index (χ0) is 26.1. The second kappa shape index (κ2) is 10.2. The van der Waals surface area contributed by atoms with E-state index in [9.17, 15) is 22.8 Å². The molecule has 2 aliphatic rings. The number of carboxylic acid groups (broad SMARTS) is 1. The van der Waals surface area contributed by atoms with E-state index in [-0.39, 0.29) is 30.8 Å². The van der Waals surface area contributed by atoms with Crippen LogP contribution in [-0.2, 0) is 41.7 Å². The van der Waals surface area contributed by atoms with Gasteiger partial charge in [-0.15, -0.1) is 0 Å². The predicted octanol–water partition coefficient (Wildman–Crippen LogP) is 5.20. The van der Waals surface area contributed by atoms with Crippen LogP contribution in [0.15, 0.2) is 42.5 Å². The fraction of sp³-hybridized carbons (Fsp3) is 0.500. The van der Waals surface area contributed by atoms with Gasteiger partial charge in [-0.2, -0.15) is 13.2 Å². The van der Waals surface area contributed by atoms with E-state index in [1.165, 1.54) is 6.07 Å². The Morgan fingerprint density at radius 2 is 1.89 bits per heavy atom. The third-order valence-corrected chi connectivity index (χ3v) is 7.86. The molecule has 1 fully saturated rings. The Morgan fingerprint density at radius 3 is 2.58 bits per heavy atom. The van der Waals surface area contributed by atoms with Crippen LogP contribution in [0.5, 0.6) is 0 Å². The topological polar surface area (TPSA) is 69.6 Å². The van der Waals surface area contributed by atoms with Crippen molar-refractivity contribution in [1.82, 2.24) is 10.2 Å². The first kappa shape index (κ1) is 26.2. The lowest BCUT2D eigenvalue weighted by molar-refractivity contribution is -0.146. The van der Waals surface area contributed by atoms with Crippen LogP contribution in [0.4, 0.5) is 13.2 Å². The smallest absolute Gasteiger partial charge is 0.416 e. The summed E-state index contributed by atoms with van der Waals surface area (Å²) < 4.78 is 39.7. The van der Waals surface area contributed by atoms with Crippen molar-refractivity contribution < 1.29 is 27.9 Å². The van der Waals surface area contributed by atoms with Crippen molar-refractivity contribution in [2.24, 2.45) is 11.3 Å². The summed E-state index contributed by atoms with van der Waals surface area (Å²) in [4.78, 5) is 26.6. The van der Waals surface area contributed by atoms with Gasteiger partial charge in [0, 0.05) is 25.7 Å². The molecule has 0 spiro atoms. The second-order valence-corrected chi connectivity index (χ2v) is 10.5. The highest BCUT2D eigenvalue weighted by atomic mass is 19.4. The lowest BCUT2D eigenvalue weighted by Gasteiger charge is -2.40. The Hall–Kier alpha value is -2.87. The number of hydrogen-bond acceptors (Lipinski definition) is 3. The molecule has 0 radical (unpaired) electrons. The summed E-state index contributed by atoms with van der Waals surface area (Å²) >= 11 is 0. The van der Waals surface area contributed by atoms with Crippen LogP contribution in [0.1, 0.15) is 60.9 Å². The largest absolute Gasteiger partial charge is 0.481 e. The van der Waals surface area contributed by atoms with Crippen molar-refractivity contribution in [3.63, 3.8) is 0 Å². The molecule has 2 aromatic carbocycles. The van der Waals surface area contributed by atoms with Gasteiger partial charge in [-0.05, 0) is 66.0 Å². The number of rotatable bonds is 7. The molecule has 2 atom stereocenters. The molecule has 1 amide bonds. The van der Waals surface area contributed by atoms with E-state index in [0.29, 0.717) is 31.5 Å². The minimum absolute atomic E-state index is 0.0222. The zero-order valence-corrected chi connectivity index (χ0v) is 20.7. The number of hydrogen-bond donors (Lipinski definition) is 2. The molecule has 2 aromatic rings. The summed E-state index contributed by atoms with van der Waals surface area (Å²) in [5, 5.41) is 12.6. The van der Waals surface area contributed by atoms with Crippen LogP contribution in [-0.4, -0.2) is 34.5 Å². The molecule has 0 bridgehead atoms. The van der Waals surface area contributed by atoms with E-state index in [1.54, 1.807) is 17.0 Å². The molecule has 194 valence electrons. The standard InChI is InChI=1S/C28H33F3N2O3/c1-18(2)27(10-8-24(15-27)32-16-20-5-3-4-19(12-20)13-25(34)35)26(36)33-11-9-21-6-7-23(28(29,30)31)14-22(21)17-33/h3-7,12,14,18,24,32H,8-11,13,15-17H2,1-2H3,(H,34,35)/t24-,27+/m1/s1. The number of carbonyl (C=O) groups is 2. The first-order chi connectivity index (χ1) is 17.0. The number of benzene rings is 2. The number of amides is 1. The number of fused-ring (bicyclic) bond motifs is 1. The van der Waals surface area contributed by atoms with E-state index in [1.807, 2.05) is 18.2 Å². The monoisotopic (exact) mass is 502 g/mol. The van der Waals surface area contributed by atoms with Gasteiger partial charge in [-0.1, -0.05) is 44.2 Å². The molecule has 1 aliphatic carbocycles. The maximum atomic E-state index is 13.8. The van der Waals surface area contributed by atoms with E-state index < -0.39 is 23.1 Å². The first-order valence-corrected chi connectivity index (χ1v) is 12.5. The molecular weight excluding hydrogens is 469 g/mol. The predicted molar refractivity (Wildman–Crippen MR) is 130 cm³/mol. The summed E-state index contributed by atoms with van der Waals surface area (Å²) in [5.74, 6) is -0.738. The highest BCUT2D eigenvalue weighted by Crippen LogP contribution is 2.46. The number of carboxylic acids is 1. The van der Waals surface area contributed by atoms with Crippen molar-refractivity contribution in [2.75, 3.05) is 6.54 Å². The zero-order valence-electron chi connectivity index (χ0n) is 20.7. The van der Waals surface area contributed by atoms with Gasteiger partial charge >= 0.3 is 12.1 Å². The summed E-state index contributed by atoms with van der Waals surface area (Å²) in [6.45, 7) is 5.41. The fourth-order valence-corrected chi connectivity index (χ4v) is 5.72. The quantitative estimate of drug-likeness (QED) is 0.546. The Bertz CT molecular complexity index is 1130. The third-order valence-electron chi connectivity index (χ3n) is 7.86. The molecule has 1 saturated carbocycles. The minimum atomic E-state index is -4.40. The van der Waals surface area contributed by atoms with Crippen LogP contribution < -0.4 is 5.32 Å².